The molecular weight excluding hydrogens is 155 g/mol. The number of rotatable bonds is 1. The van der Waals surface area contributed by atoms with Gasteiger partial charge in [0, 0.05) is 0 Å². The molecule has 9 heavy (non-hydrogen) atoms. The Balaban J connectivity index is 1.98. The Bertz CT molecular complexity index is 122. The van der Waals surface area contributed by atoms with Crippen molar-refractivity contribution in [2.75, 3.05) is 0 Å². The minimum absolute atomic E-state index is 0.0949. The quantitative estimate of drug-likeness (QED) is 0.524. The summed E-state index contributed by atoms with van der Waals surface area (Å²) in [5.41, 5.74) is 0. The van der Waals surface area contributed by atoms with Crippen LogP contribution < -0.4 is 0 Å². The van der Waals surface area contributed by atoms with E-state index in [1.807, 2.05) is 0 Å². The highest BCUT2D eigenvalue weighted by atomic mass is 35.5. The smallest absolute Gasteiger partial charge is 0.105 e. The summed E-state index contributed by atoms with van der Waals surface area (Å²) in [6, 6.07) is 0. The van der Waals surface area contributed by atoms with E-state index in [4.69, 9.17) is 23.2 Å². The third-order valence-corrected chi connectivity index (χ3v) is 3.37. The summed E-state index contributed by atoms with van der Waals surface area (Å²) in [6.07, 6.45) is 4.05. The van der Waals surface area contributed by atoms with Gasteiger partial charge in [-0.2, -0.15) is 0 Å². The minimum Gasteiger partial charge on any atom is -0.105 e. The number of halogens is 2. The Morgan fingerprint density at radius 1 is 1.22 bits per heavy atom. The van der Waals surface area contributed by atoms with Crippen LogP contribution in [0.3, 0.4) is 0 Å². The molecule has 0 aromatic heterocycles. The molecule has 0 bridgehead atoms. The molecule has 3 atom stereocenters. The van der Waals surface area contributed by atoms with Crippen LogP contribution in [0.25, 0.3) is 0 Å². The molecule has 0 spiro atoms. The van der Waals surface area contributed by atoms with E-state index in [0.717, 1.165) is 11.8 Å². The van der Waals surface area contributed by atoms with E-state index in [1.54, 1.807) is 0 Å². The van der Waals surface area contributed by atoms with E-state index in [0.29, 0.717) is 5.92 Å². The highest BCUT2D eigenvalue weighted by Gasteiger charge is 2.49. The third kappa shape index (κ3) is 0.969. The van der Waals surface area contributed by atoms with E-state index in [1.165, 1.54) is 19.3 Å². The fraction of sp³-hybridized carbons (Fsp3) is 1.00. The molecule has 0 amide bonds. The van der Waals surface area contributed by atoms with Gasteiger partial charge in [0.05, 0.1) is 0 Å². The van der Waals surface area contributed by atoms with Crippen LogP contribution >= 0.6 is 23.2 Å². The first-order chi connectivity index (χ1) is 4.29. The van der Waals surface area contributed by atoms with Crippen LogP contribution in [-0.4, -0.2) is 4.84 Å². The van der Waals surface area contributed by atoms with Crippen molar-refractivity contribution >= 4 is 23.2 Å². The lowest BCUT2D eigenvalue weighted by molar-refractivity contribution is 0.514. The van der Waals surface area contributed by atoms with Crippen molar-refractivity contribution in [1.82, 2.24) is 0 Å². The van der Waals surface area contributed by atoms with Gasteiger partial charge in [-0.3, -0.25) is 0 Å². The SMILES string of the molecule is ClC(Cl)C1CCC2CC21. The van der Waals surface area contributed by atoms with Crippen molar-refractivity contribution in [1.29, 1.82) is 0 Å². The zero-order chi connectivity index (χ0) is 6.43. The summed E-state index contributed by atoms with van der Waals surface area (Å²) in [6.45, 7) is 0. The standard InChI is InChI=1S/C7H10Cl2/c8-7(9)5-2-1-4-3-6(4)5/h4-7H,1-3H2. The molecule has 0 heterocycles. The predicted molar refractivity (Wildman–Crippen MR) is 39.8 cm³/mol. The number of alkyl halides is 2. The minimum atomic E-state index is -0.0949. The average Bonchev–Trinajstić information content (AvgIpc) is 2.43. The van der Waals surface area contributed by atoms with Crippen molar-refractivity contribution in [3.05, 3.63) is 0 Å². The summed E-state index contributed by atoms with van der Waals surface area (Å²) in [4.78, 5) is -0.0949. The highest BCUT2D eigenvalue weighted by molar-refractivity contribution is 6.44. The van der Waals surface area contributed by atoms with Crippen molar-refractivity contribution in [3.63, 3.8) is 0 Å². The lowest BCUT2D eigenvalue weighted by atomic mass is 10.1. The van der Waals surface area contributed by atoms with Crippen molar-refractivity contribution < 1.29 is 0 Å². The normalized spacial score (nSPS) is 47.7. The van der Waals surface area contributed by atoms with Crippen LogP contribution in [0.4, 0.5) is 0 Å². The highest BCUT2D eigenvalue weighted by Crippen LogP contribution is 2.57. The maximum absolute atomic E-state index is 5.77. The Morgan fingerprint density at radius 2 is 2.00 bits per heavy atom. The molecule has 2 fully saturated rings. The van der Waals surface area contributed by atoms with Gasteiger partial charge in [-0.25, -0.2) is 0 Å². The van der Waals surface area contributed by atoms with Crippen LogP contribution in [-0.2, 0) is 0 Å². The lowest BCUT2D eigenvalue weighted by Gasteiger charge is -2.10. The van der Waals surface area contributed by atoms with Gasteiger partial charge in [0.25, 0.3) is 0 Å². The van der Waals surface area contributed by atoms with E-state index in [-0.39, 0.29) is 4.84 Å². The molecule has 2 rings (SSSR count). The molecule has 0 saturated heterocycles. The van der Waals surface area contributed by atoms with Crippen LogP contribution in [0.5, 0.6) is 0 Å². The number of hydrogen-bond acceptors (Lipinski definition) is 0. The molecular formula is C7H10Cl2. The molecule has 2 aliphatic rings. The van der Waals surface area contributed by atoms with Gasteiger partial charge in [-0.05, 0) is 37.0 Å². The maximum atomic E-state index is 5.77. The molecule has 2 saturated carbocycles. The molecule has 3 unspecified atom stereocenters. The van der Waals surface area contributed by atoms with E-state index in [2.05, 4.69) is 0 Å². The van der Waals surface area contributed by atoms with Crippen LogP contribution in [0.1, 0.15) is 19.3 Å². The van der Waals surface area contributed by atoms with Gasteiger partial charge in [-0.15, -0.1) is 23.2 Å². The first-order valence-electron chi connectivity index (χ1n) is 3.57. The second-order valence-corrected chi connectivity index (χ2v) is 4.40. The maximum Gasteiger partial charge on any atom is 0.110 e. The van der Waals surface area contributed by atoms with Crippen molar-refractivity contribution in [2.45, 2.75) is 24.1 Å². The largest absolute Gasteiger partial charge is 0.110 e. The monoisotopic (exact) mass is 164 g/mol. The molecule has 0 aromatic rings. The molecule has 0 aliphatic heterocycles. The summed E-state index contributed by atoms with van der Waals surface area (Å²) in [5, 5.41) is 0. The summed E-state index contributed by atoms with van der Waals surface area (Å²) >= 11 is 11.5. The Morgan fingerprint density at radius 3 is 2.22 bits per heavy atom. The second-order valence-electron chi connectivity index (χ2n) is 3.24. The zero-order valence-corrected chi connectivity index (χ0v) is 6.70. The number of hydrogen-bond donors (Lipinski definition) is 0. The van der Waals surface area contributed by atoms with Gasteiger partial charge in [0.2, 0.25) is 0 Å². The molecule has 52 valence electrons. The van der Waals surface area contributed by atoms with Crippen LogP contribution in [0.2, 0.25) is 0 Å². The van der Waals surface area contributed by atoms with Gasteiger partial charge in [-0.1, -0.05) is 0 Å². The number of fused-ring (bicyclic) bond motifs is 1. The zero-order valence-electron chi connectivity index (χ0n) is 5.19. The first-order valence-corrected chi connectivity index (χ1v) is 4.44. The molecule has 0 nitrogen and oxygen atoms in total. The lowest BCUT2D eigenvalue weighted by Crippen LogP contribution is -2.07. The average molecular weight is 165 g/mol. The third-order valence-electron chi connectivity index (χ3n) is 2.72. The van der Waals surface area contributed by atoms with E-state index < -0.39 is 0 Å². The summed E-state index contributed by atoms with van der Waals surface area (Å²) in [7, 11) is 0. The van der Waals surface area contributed by atoms with Gasteiger partial charge < -0.3 is 0 Å². The van der Waals surface area contributed by atoms with Gasteiger partial charge in [0.15, 0.2) is 0 Å². The fourth-order valence-corrected chi connectivity index (χ4v) is 2.69. The van der Waals surface area contributed by atoms with Crippen molar-refractivity contribution in [2.24, 2.45) is 17.8 Å². The molecule has 0 radical (unpaired) electrons. The van der Waals surface area contributed by atoms with Gasteiger partial charge >= 0.3 is 0 Å². The van der Waals surface area contributed by atoms with Crippen LogP contribution in [0, 0.1) is 17.8 Å². The molecule has 2 aliphatic carbocycles. The Labute approximate surface area is 65.5 Å². The van der Waals surface area contributed by atoms with Gasteiger partial charge in [0.1, 0.15) is 4.84 Å². The predicted octanol–water partition coefficient (Wildman–Crippen LogP) is 2.84. The van der Waals surface area contributed by atoms with Crippen LogP contribution in [0.15, 0.2) is 0 Å². The van der Waals surface area contributed by atoms with E-state index >= 15 is 0 Å². The van der Waals surface area contributed by atoms with E-state index in [9.17, 15) is 0 Å². The molecule has 2 heteroatoms. The topological polar surface area (TPSA) is 0 Å². The summed E-state index contributed by atoms with van der Waals surface area (Å²) < 4.78 is 0. The molecule has 0 aromatic carbocycles. The molecule has 0 N–H and O–H groups in total. The Kier molecular flexibility index (Phi) is 1.42. The first kappa shape index (κ1) is 6.30. The van der Waals surface area contributed by atoms with Crippen molar-refractivity contribution in [3.8, 4) is 0 Å². The Hall–Kier alpha value is 0.580. The summed E-state index contributed by atoms with van der Waals surface area (Å²) in [5.74, 6) is 2.55. The second kappa shape index (κ2) is 2.03. The fourth-order valence-electron chi connectivity index (χ4n) is 2.06.